The number of thiazole rings is 1. The van der Waals surface area contributed by atoms with E-state index in [1.807, 2.05) is 42.8 Å². The van der Waals surface area contributed by atoms with Crippen molar-refractivity contribution in [2.24, 2.45) is 12.0 Å². The van der Waals surface area contributed by atoms with E-state index in [4.69, 9.17) is 4.42 Å². The molecule has 124 valence electrons. The molecule has 0 saturated heterocycles. The highest BCUT2D eigenvalue weighted by Crippen LogP contribution is 2.20. The van der Waals surface area contributed by atoms with E-state index in [-0.39, 0.29) is 5.56 Å². The summed E-state index contributed by atoms with van der Waals surface area (Å²) in [5.41, 5.74) is 1.85. The molecule has 6 heteroatoms. The second kappa shape index (κ2) is 5.82. The number of aryl methyl sites for hydroxylation is 2. The zero-order chi connectivity index (χ0) is 17.6. The summed E-state index contributed by atoms with van der Waals surface area (Å²) < 4.78 is 8.13. The fourth-order valence-electron chi connectivity index (χ4n) is 2.86. The molecule has 0 aliphatic carbocycles. The standard InChI is InChI=1S/C19H14N2O3S/c1-11-6-5-9-15-16(11)21(2)19(25-15)20-17(22)13-10-12-7-3-4-8-14(12)24-18(13)23/h3-10H,1-2H3. The minimum Gasteiger partial charge on any atom is -0.422 e. The molecule has 0 N–H and O–H groups in total. The van der Waals surface area contributed by atoms with E-state index < -0.39 is 11.5 Å². The first-order valence-electron chi connectivity index (χ1n) is 7.72. The molecule has 0 spiro atoms. The molecule has 4 aromatic rings. The van der Waals surface area contributed by atoms with Gasteiger partial charge in [-0.25, -0.2) is 4.79 Å². The van der Waals surface area contributed by atoms with Crippen LogP contribution in [0.1, 0.15) is 15.9 Å². The first-order chi connectivity index (χ1) is 12.0. The number of nitrogens with zero attached hydrogens (tertiary/aromatic N) is 2. The van der Waals surface area contributed by atoms with Gasteiger partial charge in [0.25, 0.3) is 5.91 Å². The third-order valence-electron chi connectivity index (χ3n) is 4.09. The van der Waals surface area contributed by atoms with Gasteiger partial charge in [0.1, 0.15) is 11.1 Å². The number of carbonyl (C=O) groups excluding carboxylic acids is 1. The largest absolute Gasteiger partial charge is 0.422 e. The maximum Gasteiger partial charge on any atom is 0.349 e. The van der Waals surface area contributed by atoms with Gasteiger partial charge in [0, 0.05) is 12.4 Å². The van der Waals surface area contributed by atoms with Gasteiger partial charge in [0.05, 0.1) is 10.2 Å². The van der Waals surface area contributed by atoms with Crippen molar-refractivity contribution in [1.29, 1.82) is 0 Å². The monoisotopic (exact) mass is 350 g/mol. The van der Waals surface area contributed by atoms with Crippen molar-refractivity contribution >= 4 is 38.4 Å². The van der Waals surface area contributed by atoms with Crippen molar-refractivity contribution < 1.29 is 9.21 Å². The summed E-state index contributed by atoms with van der Waals surface area (Å²) in [5, 5.41) is 0.692. The van der Waals surface area contributed by atoms with E-state index in [2.05, 4.69) is 4.99 Å². The number of carbonyl (C=O) groups is 1. The van der Waals surface area contributed by atoms with Crippen molar-refractivity contribution in [3.05, 3.63) is 74.9 Å². The molecular formula is C19H14N2O3S. The maximum absolute atomic E-state index is 12.6. The molecule has 5 nitrogen and oxygen atoms in total. The Labute approximate surface area is 146 Å². The van der Waals surface area contributed by atoms with Gasteiger partial charge < -0.3 is 8.98 Å². The van der Waals surface area contributed by atoms with Crippen LogP contribution >= 0.6 is 11.3 Å². The number of benzene rings is 2. The fourth-order valence-corrected chi connectivity index (χ4v) is 3.96. The van der Waals surface area contributed by atoms with Gasteiger partial charge in [-0.2, -0.15) is 4.99 Å². The van der Waals surface area contributed by atoms with E-state index in [0.717, 1.165) is 15.8 Å². The Kier molecular flexibility index (Phi) is 3.62. The Morgan fingerprint density at radius 1 is 1.16 bits per heavy atom. The summed E-state index contributed by atoms with van der Waals surface area (Å²) in [4.78, 5) is 29.4. The van der Waals surface area contributed by atoms with Crippen LogP contribution in [-0.2, 0) is 7.05 Å². The Morgan fingerprint density at radius 2 is 1.96 bits per heavy atom. The van der Waals surface area contributed by atoms with Gasteiger partial charge in [0.2, 0.25) is 0 Å². The summed E-state index contributed by atoms with van der Waals surface area (Å²) in [7, 11) is 1.86. The molecule has 0 atom stereocenters. The summed E-state index contributed by atoms with van der Waals surface area (Å²) in [6, 6.07) is 14.6. The van der Waals surface area contributed by atoms with Crippen LogP contribution in [0.15, 0.2) is 62.7 Å². The second-order valence-electron chi connectivity index (χ2n) is 5.77. The van der Waals surface area contributed by atoms with Crippen LogP contribution in [0.25, 0.3) is 21.2 Å². The van der Waals surface area contributed by atoms with E-state index in [1.54, 1.807) is 18.2 Å². The summed E-state index contributed by atoms with van der Waals surface area (Å²) >= 11 is 1.41. The average Bonchev–Trinajstić information content (AvgIpc) is 2.91. The van der Waals surface area contributed by atoms with Gasteiger partial charge in [-0.1, -0.05) is 41.7 Å². The van der Waals surface area contributed by atoms with Gasteiger partial charge >= 0.3 is 5.63 Å². The lowest BCUT2D eigenvalue weighted by Gasteiger charge is -1.99. The summed E-state index contributed by atoms with van der Waals surface area (Å²) in [5.74, 6) is -0.598. The molecule has 0 aliphatic heterocycles. The van der Waals surface area contributed by atoms with Crippen molar-refractivity contribution in [2.75, 3.05) is 0 Å². The zero-order valence-corrected chi connectivity index (χ0v) is 14.5. The number of para-hydroxylation sites is 2. The average molecular weight is 350 g/mol. The smallest absolute Gasteiger partial charge is 0.349 e. The quantitative estimate of drug-likeness (QED) is 0.494. The van der Waals surface area contributed by atoms with Crippen LogP contribution in [0, 0.1) is 6.92 Å². The molecule has 0 unspecified atom stereocenters. The number of fused-ring (bicyclic) bond motifs is 2. The van der Waals surface area contributed by atoms with E-state index >= 15 is 0 Å². The Bertz CT molecular complexity index is 1260. The molecule has 2 aromatic heterocycles. The van der Waals surface area contributed by atoms with Crippen molar-refractivity contribution in [3.8, 4) is 0 Å². The minimum atomic E-state index is -0.674. The van der Waals surface area contributed by atoms with Crippen LogP contribution in [0.4, 0.5) is 0 Å². The zero-order valence-electron chi connectivity index (χ0n) is 13.6. The molecule has 0 saturated carbocycles. The van der Waals surface area contributed by atoms with Gasteiger partial charge in [-0.05, 0) is 30.7 Å². The van der Waals surface area contributed by atoms with Gasteiger partial charge in [-0.3, -0.25) is 4.79 Å². The normalized spacial score (nSPS) is 12.2. The lowest BCUT2D eigenvalue weighted by Crippen LogP contribution is -2.18. The van der Waals surface area contributed by atoms with Crippen LogP contribution in [0.5, 0.6) is 0 Å². The number of aromatic nitrogens is 1. The van der Waals surface area contributed by atoms with Crippen LogP contribution in [0.2, 0.25) is 0 Å². The molecule has 25 heavy (non-hydrogen) atoms. The number of hydrogen-bond acceptors (Lipinski definition) is 4. The third-order valence-corrected chi connectivity index (χ3v) is 5.19. The van der Waals surface area contributed by atoms with Crippen molar-refractivity contribution in [2.45, 2.75) is 6.92 Å². The second-order valence-corrected chi connectivity index (χ2v) is 6.78. The van der Waals surface area contributed by atoms with Crippen molar-refractivity contribution in [1.82, 2.24) is 4.57 Å². The third kappa shape index (κ3) is 2.60. The SMILES string of the molecule is Cc1cccc2sc(=NC(=O)c3cc4ccccc4oc3=O)n(C)c12. The number of hydrogen-bond donors (Lipinski definition) is 0. The lowest BCUT2D eigenvalue weighted by molar-refractivity contribution is 0.0994. The van der Waals surface area contributed by atoms with E-state index in [0.29, 0.717) is 15.8 Å². The lowest BCUT2D eigenvalue weighted by atomic mass is 10.2. The van der Waals surface area contributed by atoms with E-state index in [9.17, 15) is 9.59 Å². The first kappa shape index (κ1) is 15.5. The Morgan fingerprint density at radius 3 is 2.76 bits per heavy atom. The van der Waals surface area contributed by atoms with Crippen LogP contribution < -0.4 is 10.4 Å². The van der Waals surface area contributed by atoms with Crippen LogP contribution in [-0.4, -0.2) is 10.5 Å². The molecule has 2 aromatic carbocycles. The Hall–Kier alpha value is -2.99. The number of amides is 1. The maximum atomic E-state index is 12.6. The highest BCUT2D eigenvalue weighted by atomic mass is 32.1. The predicted molar refractivity (Wildman–Crippen MR) is 97.9 cm³/mol. The van der Waals surface area contributed by atoms with Crippen LogP contribution in [0.3, 0.4) is 0 Å². The molecule has 4 rings (SSSR count). The molecule has 0 fully saturated rings. The topological polar surface area (TPSA) is 64.6 Å². The number of rotatable bonds is 1. The molecule has 0 bridgehead atoms. The molecule has 0 aliphatic rings. The minimum absolute atomic E-state index is 0.0621. The highest BCUT2D eigenvalue weighted by molar-refractivity contribution is 7.16. The predicted octanol–water partition coefficient (Wildman–Crippen LogP) is 3.40. The summed E-state index contributed by atoms with van der Waals surface area (Å²) in [6.07, 6.45) is 0. The molecular weight excluding hydrogens is 336 g/mol. The molecule has 2 heterocycles. The Balaban J connectivity index is 1.89. The first-order valence-corrected chi connectivity index (χ1v) is 8.53. The fraction of sp³-hybridized carbons (Fsp3) is 0.105. The van der Waals surface area contributed by atoms with Gasteiger partial charge in [0.15, 0.2) is 4.80 Å². The van der Waals surface area contributed by atoms with Crippen molar-refractivity contribution in [3.63, 3.8) is 0 Å². The summed E-state index contributed by atoms with van der Waals surface area (Å²) in [6.45, 7) is 2.01. The molecule has 0 radical (unpaired) electrons. The highest BCUT2D eigenvalue weighted by Gasteiger charge is 2.14. The van der Waals surface area contributed by atoms with E-state index in [1.165, 1.54) is 17.4 Å². The molecule has 1 amide bonds. The van der Waals surface area contributed by atoms with Gasteiger partial charge in [-0.15, -0.1) is 0 Å².